The summed E-state index contributed by atoms with van der Waals surface area (Å²) >= 11 is 5.78. The van der Waals surface area contributed by atoms with Crippen LogP contribution in [-0.2, 0) is 11.3 Å². The van der Waals surface area contributed by atoms with Gasteiger partial charge in [-0.25, -0.2) is 4.98 Å². The number of piperazine rings is 1. The van der Waals surface area contributed by atoms with Gasteiger partial charge in [0.2, 0.25) is 5.91 Å². The summed E-state index contributed by atoms with van der Waals surface area (Å²) in [5, 5.41) is 3.28. The number of hydrogen-bond donors (Lipinski definition) is 1. The summed E-state index contributed by atoms with van der Waals surface area (Å²) < 4.78 is 0. The molecule has 5 heteroatoms. The lowest BCUT2D eigenvalue weighted by molar-refractivity contribution is -0.124. The van der Waals surface area contributed by atoms with Gasteiger partial charge in [0.25, 0.3) is 0 Å². The van der Waals surface area contributed by atoms with Gasteiger partial charge in [-0.2, -0.15) is 0 Å². The molecule has 4 nitrogen and oxygen atoms in total. The van der Waals surface area contributed by atoms with Crippen LogP contribution in [0.2, 0.25) is 5.15 Å². The average molecular weight is 226 g/mol. The largest absolute Gasteiger partial charge is 0.354 e. The predicted molar refractivity (Wildman–Crippen MR) is 57.5 cm³/mol. The molecule has 1 aliphatic heterocycles. The highest BCUT2D eigenvalue weighted by Crippen LogP contribution is 2.10. The normalized spacial score (nSPS) is 17.5. The molecule has 1 N–H and O–H groups in total. The van der Waals surface area contributed by atoms with Crippen LogP contribution in [0.5, 0.6) is 0 Å². The number of rotatable bonds is 2. The van der Waals surface area contributed by atoms with Crippen molar-refractivity contribution in [3.8, 4) is 0 Å². The van der Waals surface area contributed by atoms with Gasteiger partial charge in [-0.1, -0.05) is 11.6 Å². The van der Waals surface area contributed by atoms with E-state index in [0.717, 1.165) is 25.2 Å². The number of pyridine rings is 1. The number of carbonyl (C=O) groups is 1. The van der Waals surface area contributed by atoms with Crippen LogP contribution in [0.3, 0.4) is 0 Å². The molecule has 1 aromatic rings. The molecule has 0 radical (unpaired) electrons. The van der Waals surface area contributed by atoms with Gasteiger partial charge >= 0.3 is 0 Å². The molecule has 1 saturated heterocycles. The van der Waals surface area contributed by atoms with Crippen molar-refractivity contribution in [2.75, 3.05) is 19.6 Å². The van der Waals surface area contributed by atoms with E-state index in [-0.39, 0.29) is 5.91 Å². The molecule has 0 bridgehead atoms. The van der Waals surface area contributed by atoms with Crippen LogP contribution >= 0.6 is 11.6 Å². The summed E-state index contributed by atoms with van der Waals surface area (Å²) in [5.41, 5.74) is 1.09. The van der Waals surface area contributed by atoms with Crippen molar-refractivity contribution in [1.82, 2.24) is 15.2 Å². The first kappa shape index (κ1) is 10.4. The third-order valence-electron chi connectivity index (χ3n) is 2.31. The Morgan fingerprint density at radius 3 is 3.20 bits per heavy atom. The highest BCUT2D eigenvalue weighted by Gasteiger charge is 2.15. The lowest BCUT2D eigenvalue weighted by atomic mass is 10.2. The minimum absolute atomic E-state index is 0.0846. The van der Waals surface area contributed by atoms with Gasteiger partial charge in [-0.15, -0.1) is 0 Å². The molecule has 0 saturated carbocycles. The van der Waals surface area contributed by atoms with Crippen LogP contribution in [0.15, 0.2) is 18.3 Å². The van der Waals surface area contributed by atoms with Crippen molar-refractivity contribution in [2.45, 2.75) is 6.54 Å². The summed E-state index contributed by atoms with van der Waals surface area (Å²) in [4.78, 5) is 17.1. The summed E-state index contributed by atoms with van der Waals surface area (Å²) in [6, 6.07) is 3.74. The first-order chi connectivity index (χ1) is 7.24. The standard InChI is InChI=1S/C10H12ClN3O/c11-9-5-8(1-2-12-9)6-14-4-3-13-10(15)7-14/h1-2,5H,3-4,6-7H2,(H,13,15). The molecule has 1 fully saturated rings. The third kappa shape index (κ3) is 2.91. The molecule has 80 valence electrons. The molecule has 0 spiro atoms. The zero-order valence-electron chi connectivity index (χ0n) is 8.24. The molecule has 0 aliphatic carbocycles. The van der Waals surface area contributed by atoms with Gasteiger partial charge in [0.05, 0.1) is 6.54 Å². The van der Waals surface area contributed by atoms with E-state index in [4.69, 9.17) is 11.6 Å². The van der Waals surface area contributed by atoms with Crippen molar-refractivity contribution in [3.05, 3.63) is 29.0 Å². The molecule has 1 aliphatic rings. The Morgan fingerprint density at radius 2 is 2.47 bits per heavy atom. The van der Waals surface area contributed by atoms with E-state index in [1.165, 1.54) is 0 Å². The smallest absolute Gasteiger partial charge is 0.234 e. The minimum Gasteiger partial charge on any atom is -0.354 e. The number of nitrogens with one attached hydrogen (secondary N) is 1. The molecule has 0 atom stereocenters. The molecule has 0 unspecified atom stereocenters. The van der Waals surface area contributed by atoms with E-state index in [2.05, 4.69) is 15.2 Å². The van der Waals surface area contributed by atoms with Gasteiger partial charge < -0.3 is 5.32 Å². The van der Waals surface area contributed by atoms with Crippen molar-refractivity contribution in [3.63, 3.8) is 0 Å². The minimum atomic E-state index is 0.0846. The van der Waals surface area contributed by atoms with Crippen LogP contribution in [0.4, 0.5) is 0 Å². The van der Waals surface area contributed by atoms with Gasteiger partial charge in [-0.3, -0.25) is 9.69 Å². The second-order valence-corrected chi connectivity index (χ2v) is 3.93. The van der Waals surface area contributed by atoms with Crippen molar-refractivity contribution in [2.24, 2.45) is 0 Å². The Morgan fingerprint density at radius 1 is 1.60 bits per heavy atom. The van der Waals surface area contributed by atoms with Gasteiger partial charge in [0.1, 0.15) is 5.15 Å². The van der Waals surface area contributed by atoms with Crippen molar-refractivity contribution in [1.29, 1.82) is 0 Å². The van der Waals surface area contributed by atoms with Crippen LogP contribution in [0, 0.1) is 0 Å². The van der Waals surface area contributed by atoms with E-state index in [1.807, 2.05) is 12.1 Å². The second-order valence-electron chi connectivity index (χ2n) is 3.55. The lowest BCUT2D eigenvalue weighted by Crippen LogP contribution is -2.47. The number of nitrogens with zero attached hydrogens (tertiary/aromatic N) is 2. The number of halogens is 1. The van der Waals surface area contributed by atoms with E-state index < -0.39 is 0 Å². The van der Waals surface area contributed by atoms with E-state index in [9.17, 15) is 4.79 Å². The fourth-order valence-electron chi connectivity index (χ4n) is 1.63. The van der Waals surface area contributed by atoms with Crippen molar-refractivity contribution >= 4 is 17.5 Å². The molecule has 0 aromatic carbocycles. The zero-order valence-corrected chi connectivity index (χ0v) is 9.00. The molecule has 2 rings (SSSR count). The Kier molecular flexibility index (Phi) is 3.18. The third-order valence-corrected chi connectivity index (χ3v) is 2.52. The SMILES string of the molecule is O=C1CN(Cc2ccnc(Cl)c2)CCN1. The van der Waals surface area contributed by atoms with Crippen LogP contribution in [0.1, 0.15) is 5.56 Å². The number of aromatic nitrogens is 1. The van der Waals surface area contributed by atoms with E-state index in [0.29, 0.717) is 11.7 Å². The lowest BCUT2D eigenvalue weighted by Gasteiger charge is -2.26. The molecular formula is C10H12ClN3O. The summed E-state index contributed by atoms with van der Waals surface area (Å²) in [5.74, 6) is 0.0846. The second kappa shape index (κ2) is 4.59. The average Bonchev–Trinajstić information content (AvgIpc) is 2.17. The fourth-order valence-corrected chi connectivity index (χ4v) is 1.82. The van der Waals surface area contributed by atoms with Crippen LogP contribution < -0.4 is 5.32 Å². The van der Waals surface area contributed by atoms with E-state index >= 15 is 0 Å². The van der Waals surface area contributed by atoms with E-state index in [1.54, 1.807) is 6.20 Å². The topological polar surface area (TPSA) is 45.2 Å². The van der Waals surface area contributed by atoms with Gasteiger partial charge in [-0.05, 0) is 17.7 Å². The Balaban J connectivity index is 1.99. The molecule has 15 heavy (non-hydrogen) atoms. The molecule has 1 aromatic heterocycles. The maximum Gasteiger partial charge on any atom is 0.234 e. The zero-order chi connectivity index (χ0) is 10.7. The highest BCUT2D eigenvalue weighted by atomic mass is 35.5. The molecular weight excluding hydrogens is 214 g/mol. The molecule has 2 heterocycles. The first-order valence-corrected chi connectivity index (χ1v) is 5.21. The van der Waals surface area contributed by atoms with Crippen LogP contribution in [0.25, 0.3) is 0 Å². The number of carbonyl (C=O) groups excluding carboxylic acids is 1. The monoisotopic (exact) mass is 225 g/mol. The quantitative estimate of drug-likeness (QED) is 0.753. The Bertz CT molecular complexity index is 369. The predicted octanol–water partition coefficient (Wildman–Crippen LogP) is 0.667. The maximum absolute atomic E-state index is 11.1. The summed E-state index contributed by atoms with van der Waals surface area (Å²) in [6.45, 7) is 2.80. The Labute approximate surface area is 93.2 Å². The number of hydrogen-bond acceptors (Lipinski definition) is 3. The molecule has 1 amide bonds. The number of amides is 1. The van der Waals surface area contributed by atoms with Gasteiger partial charge in [0.15, 0.2) is 0 Å². The summed E-state index contributed by atoms with van der Waals surface area (Å²) in [6.07, 6.45) is 1.68. The fraction of sp³-hybridized carbons (Fsp3) is 0.400. The first-order valence-electron chi connectivity index (χ1n) is 4.83. The summed E-state index contributed by atoms with van der Waals surface area (Å²) in [7, 11) is 0. The maximum atomic E-state index is 11.1. The Hall–Kier alpha value is -1.13. The van der Waals surface area contributed by atoms with Crippen LogP contribution in [-0.4, -0.2) is 35.4 Å². The highest BCUT2D eigenvalue weighted by molar-refractivity contribution is 6.29. The van der Waals surface area contributed by atoms with Crippen molar-refractivity contribution < 1.29 is 4.79 Å². The van der Waals surface area contributed by atoms with Gasteiger partial charge in [0, 0.05) is 25.8 Å².